The summed E-state index contributed by atoms with van der Waals surface area (Å²) < 4.78 is 38.7. The third-order valence-corrected chi connectivity index (χ3v) is 6.28. The predicted octanol–water partition coefficient (Wildman–Crippen LogP) is 2.97. The van der Waals surface area contributed by atoms with E-state index in [-0.39, 0.29) is 37.9 Å². The summed E-state index contributed by atoms with van der Waals surface area (Å²) in [6.07, 6.45) is 0.752. The van der Waals surface area contributed by atoms with E-state index in [1.165, 1.54) is 0 Å². The van der Waals surface area contributed by atoms with E-state index in [1.54, 1.807) is 28.4 Å². The number of aliphatic hydroxyl groups excluding tert-OH is 1. The third-order valence-electron chi connectivity index (χ3n) is 6.28. The van der Waals surface area contributed by atoms with Gasteiger partial charge in [-0.05, 0) is 59.2 Å². The first-order valence-corrected chi connectivity index (χ1v) is 10.5. The van der Waals surface area contributed by atoms with Gasteiger partial charge in [-0.15, -0.1) is 0 Å². The van der Waals surface area contributed by atoms with Crippen LogP contribution in [0.1, 0.15) is 22.6 Å². The van der Waals surface area contributed by atoms with Crippen molar-refractivity contribution in [1.82, 2.24) is 0 Å². The molecule has 8 nitrogen and oxygen atoms in total. The molecule has 32 heavy (non-hydrogen) atoms. The van der Waals surface area contributed by atoms with Crippen LogP contribution in [0.5, 0.6) is 28.7 Å². The van der Waals surface area contributed by atoms with Gasteiger partial charge in [0, 0.05) is 19.6 Å². The quantitative estimate of drug-likeness (QED) is 0.465. The van der Waals surface area contributed by atoms with Crippen LogP contribution in [0.25, 0.3) is 0 Å². The van der Waals surface area contributed by atoms with Crippen LogP contribution in [0, 0.1) is 11.8 Å². The molecule has 3 atom stereocenters. The standard InChI is InChI=1S/C24H30O8/c1-26-12-30-11-16-5-14-6-19-20(32-13-31-19)9-17(14)23(18(16)10-25)15-7-21(27-2)24(29-4)22(8-15)28-3/h6-9,16,18,23,25H,5,10-13H2,1-4H3/t16-,18-,23+/m0/s1. The summed E-state index contributed by atoms with van der Waals surface area (Å²) in [6.45, 7) is 0.873. The number of rotatable bonds is 9. The highest BCUT2D eigenvalue weighted by atomic mass is 16.7. The molecule has 0 spiro atoms. The lowest BCUT2D eigenvalue weighted by atomic mass is 9.67. The maximum atomic E-state index is 10.5. The van der Waals surface area contributed by atoms with E-state index in [4.69, 9.17) is 33.2 Å². The first-order valence-electron chi connectivity index (χ1n) is 10.5. The molecule has 4 rings (SSSR count). The van der Waals surface area contributed by atoms with E-state index in [2.05, 4.69) is 0 Å². The molecule has 2 aliphatic rings. The van der Waals surface area contributed by atoms with Gasteiger partial charge in [-0.25, -0.2) is 0 Å². The smallest absolute Gasteiger partial charge is 0.231 e. The Morgan fingerprint density at radius 2 is 1.62 bits per heavy atom. The Kier molecular flexibility index (Phi) is 6.93. The Morgan fingerprint density at radius 1 is 0.938 bits per heavy atom. The maximum absolute atomic E-state index is 10.5. The van der Waals surface area contributed by atoms with Crippen molar-refractivity contribution >= 4 is 0 Å². The molecule has 2 aromatic rings. The highest BCUT2D eigenvalue weighted by Crippen LogP contribution is 2.50. The zero-order valence-corrected chi connectivity index (χ0v) is 18.9. The molecule has 1 heterocycles. The minimum atomic E-state index is -0.136. The number of methoxy groups -OCH3 is 4. The van der Waals surface area contributed by atoms with Gasteiger partial charge in [0.2, 0.25) is 12.5 Å². The molecule has 0 saturated carbocycles. The lowest BCUT2D eigenvalue weighted by Gasteiger charge is -2.39. The lowest BCUT2D eigenvalue weighted by Crippen LogP contribution is -2.35. The van der Waals surface area contributed by atoms with Gasteiger partial charge in [0.25, 0.3) is 0 Å². The summed E-state index contributed by atoms with van der Waals surface area (Å²) in [5, 5.41) is 10.5. The van der Waals surface area contributed by atoms with E-state index in [0.29, 0.717) is 29.6 Å². The molecule has 1 N–H and O–H groups in total. The average molecular weight is 446 g/mol. The molecule has 0 amide bonds. The maximum Gasteiger partial charge on any atom is 0.231 e. The summed E-state index contributed by atoms with van der Waals surface area (Å²) in [6, 6.07) is 7.96. The van der Waals surface area contributed by atoms with Crippen LogP contribution in [-0.4, -0.2) is 60.3 Å². The normalized spacial score (nSPS) is 21.2. The summed E-state index contributed by atoms with van der Waals surface area (Å²) in [5.41, 5.74) is 3.18. The molecule has 0 fully saturated rings. The fraction of sp³-hybridized carbons (Fsp3) is 0.500. The van der Waals surface area contributed by atoms with Gasteiger partial charge in [0.15, 0.2) is 23.0 Å². The van der Waals surface area contributed by atoms with Gasteiger partial charge >= 0.3 is 0 Å². The van der Waals surface area contributed by atoms with Crippen molar-refractivity contribution in [3.05, 3.63) is 41.0 Å². The fourth-order valence-corrected chi connectivity index (χ4v) is 4.83. The highest BCUT2D eigenvalue weighted by Gasteiger charge is 2.39. The Hall–Kier alpha value is -2.68. The Bertz CT molecular complexity index is 919. The molecule has 0 unspecified atom stereocenters. The molecular weight excluding hydrogens is 416 g/mol. The molecule has 8 heteroatoms. The Morgan fingerprint density at radius 3 is 2.22 bits per heavy atom. The molecule has 0 aromatic heterocycles. The largest absolute Gasteiger partial charge is 0.493 e. The average Bonchev–Trinajstić information content (AvgIpc) is 3.28. The SMILES string of the molecule is COCOC[C@@H]1Cc2cc3c(cc2[C@@H](c2cc(OC)c(OC)c(OC)c2)[C@H]1CO)OCO3. The minimum Gasteiger partial charge on any atom is -0.493 e. The zero-order valence-electron chi connectivity index (χ0n) is 18.9. The number of benzene rings is 2. The highest BCUT2D eigenvalue weighted by molar-refractivity contribution is 5.58. The Balaban J connectivity index is 1.84. The van der Waals surface area contributed by atoms with Crippen LogP contribution >= 0.6 is 0 Å². The van der Waals surface area contributed by atoms with Crippen LogP contribution in [-0.2, 0) is 15.9 Å². The van der Waals surface area contributed by atoms with Gasteiger partial charge in [0.1, 0.15) is 6.79 Å². The zero-order chi connectivity index (χ0) is 22.7. The van der Waals surface area contributed by atoms with Crippen LogP contribution in [0.3, 0.4) is 0 Å². The lowest BCUT2D eigenvalue weighted by molar-refractivity contribution is -0.0557. The van der Waals surface area contributed by atoms with Crippen molar-refractivity contribution in [3.8, 4) is 28.7 Å². The van der Waals surface area contributed by atoms with E-state index in [1.807, 2.05) is 24.3 Å². The first-order chi connectivity index (χ1) is 15.6. The molecule has 2 aromatic carbocycles. The van der Waals surface area contributed by atoms with Crippen molar-refractivity contribution in [2.75, 3.05) is 55.2 Å². The monoisotopic (exact) mass is 446 g/mol. The van der Waals surface area contributed by atoms with Gasteiger partial charge in [-0.3, -0.25) is 0 Å². The molecule has 0 bridgehead atoms. The second kappa shape index (κ2) is 9.85. The van der Waals surface area contributed by atoms with Gasteiger partial charge in [0.05, 0.1) is 27.9 Å². The number of aliphatic hydroxyl groups is 1. The van der Waals surface area contributed by atoms with E-state index in [0.717, 1.165) is 28.9 Å². The number of hydrogen-bond donors (Lipinski definition) is 1. The van der Waals surface area contributed by atoms with E-state index < -0.39 is 0 Å². The van der Waals surface area contributed by atoms with Crippen molar-refractivity contribution in [1.29, 1.82) is 0 Å². The van der Waals surface area contributed by atoms with Crippen molar-refractivity contribution in [2.45, 2.75) is 12.3 Å². The number of fused-ring (bicyclic) bond motifs is 2. The van der Waals surface area contributed by atoms with E-state index in [9.17, 15) is 5.11 Å². The van der Waals surface area contributed by atoms with Gasteiger partial charge in [-0.2, -0.15) is 0 Å². The van der Waals surface area contributed by atoms with Crippen LogP contribution in [0.4, 0.5) is 0 Å². The molecule has 1 aliphatic carbocycles. The Labute approximate surface area is 187 Å². The minimum absolute atomic E-state index is 0.00375. The summed E-state index contributed by atoms with van der Waals surface area (Å²) >= 11 is 0. The molecule has 0 saturated heterocycles. The van der Waals surface area contributed by atoms with Crippen LogP contribution in [0.15, 0.2) is 24.3 Å². The van der Waals surface area contributed by atoms with E-state index >= 15 is 0 Å². The molecular formula is C24H30O8. The van der Waals surface area contributed by atoms with Crippen molar-refractivity contribution in [3.63, 3.8) is 0 Å². The third kappa shape index (κ3) is 4.05. The van der Waals surface area contributed by atoms with Crippen LogP contribution in [0.2, 0.25) is 0 Å². The first kappa shape index (κ1) is 22.5. The summed E-state index contributed by atoms with van der Waals surface area (Å²) in [7, 11) is 6.37. The fourth-order valence-electron chi connectivity index (χ4n) is 4.83. The van der Waals surface area contributed by atoms with Gasteiger partial charge < -0.3 is 38.3 Å². The topological polar surface area (TPSA) is 84.8 Å². The number of ether oxygens (including phenoxy) is 7. The second-order valence-electron chi connectivity index (χ2n) is 7.93. The number of hydrogen-bond acceptors (Lipinski definition) is 8. The molecule has 174 valence electrons. The predicted molar refractivity (Wildman–Crippen MR) is 116 cm³/mol. The molecule has 1 aliphatic heterocycles. The van der Waals surface area contributed by atoms with Crippen molar-refractivity contribution < 1.29 is 38.3 Å². The summed E-state index contributed by atoms with van der Waals surface area (Å²) in [5.74, 6) is 2.97. The molecule has 0 radical (unpaired) electrons. The van der Waals surface area contributed by atoms with Gasteiger partial charge in [-0.1, -0.05) is 0 Å². The van der Waals surface area contributed by atoms with Crippen LogP contribution < -0.4 is 23.7 Å². The summed E-state index contributed by atoms with van der Waals surface area (Å²) in [4.78, 5) is 0. The second-order valence-corrected chi connectivity index (χ2v) is 7.93. The van der Waals surface area contributed by atoms with Crippen molar-refractivity contribution in [2.24, 2.45) is 11.8 Å².